The summed E-state index contributed by atoms with van der Waals surface area (Å²) >= 11 is 0. The van der Waals surface area contributed by atoms with E-state index in [1.807, 2.05) is 0 Å². The van der Waals surface area contributed by atoms with Crippen LogP contribution in [0.2, 0.25) is 0 Å². The summed E-state index contributed by atoms with van der Waals surface area (Å²) in [4.78, 5) is 11.3. The van der Waals surface area contributed by atoms with E-state index >= 15 is 0 Å². The molecule has 122 valence electrons. The van der Waals surface area contributed by atoms with Crippen LogP contribution in [-0.2, 0) is 14.8 Å². The molecule has 2 heterocycles. The first-order valence-electron chi connectivity index (χ1n) is 6.95. The molecule has 1 aromatic carbocycles. The highest BCUT2D eigenvalue weighted by Gasteiger charge is 2.27. The van der Waals surface area contributed by atoms with E-state index in [0.717, 1.165) is 0 Å². The van der Waals surface area contributed by atoms with Gasteiger partial charge >= 0.3 is 5.97 Å². The smallest absolute Gasteiger partial charge is 0.335 e. The highest BCUT2D eigenvalue weighted by Crippen LogP contribution is 2.22. The van der Waals surface area contributed by atoms with E-state index in [0.29, 0.717) is 18.9 Å². The fraction of sp³-hybridized carbons (Fsp3) is 0.286. The lowest BCUT2D eigenvalue weighted by molar-refractivity contribution is 0.0696. The number of carbonyl (C=O) groups is 1. The predicted molar refractivity (Wildman–Crippen MR) is 80.1 cm³/mol. The summed E-state index contributed by atoms with van der Waals surface area (Å²) in [5.74, 6) is -1.20. The Kier molecular flexibility index (Phi) is 4.16. The third-order valence-electron chi connectivity index (χ3n) is 3.52. The molecule has 8 nitrogen and oxygen atoms in total. The molecule has 0 spiro atoms. The van der Waals surface area contributed by atoms with Gasteiger partial charge in [0.1, 0.15) is 0 Å². The van der Waals surface area contributed by atoms with E-state index in [9.17, 15) is 18.3 Å². The van der Waals surface area contributed by atoms with Gasteiger partial charge in [-0.1, -0.05) is 0 Å². The maximum absolute atomic E-state index is 12.7. The molecule has 2 aromatic rings. The fourth-order valence-corrected chi connectivity index (χ4v) is 3.82. The van der Waals surface area contributed by atoms with Crippen molar-refractivity contribution >= 4 is 16.0 Å². The molecule has 1 aromatic heterocycles. The Morgan fingerprint density at radius 3 is 2.57 bits per heavy atom. The van der Waals surface area contributed by atoms with Crippen molar-refractivity contribution in [3.63, 3.8) is 0 Å². The second-order valence-corrected chi connectivity index (χ2v) is 6.93. The summed E-state index contributed by atoms with van der Waals surface area (Å²) in [6, 6.07) is 5.64. The van der Waals surface area contributed by atoms with Gasteiger partial charge in [0.15, 0.2) is 0 Å². The zero-order valence-electron chi connectivity index (χ0n) is 12.1. The zero-order chi connectivity index (χ0) is 16.4. The van der Waals surface area contributed by atoms with Gasteiger partial charge in [-0.2, -0.15) is 9.40 Å². The van der Waals surface area contributed by atoms with Crippen LogP contribution in [0.15, 0.2) is 41.6 Å². The molecule has 0 amide bonds. The minimum Gasteiger partial charge on any atom is -0.478 e. The molecule has 1 aliphatic rings. The van der Waals surface area contributed by atoms with Crippen molar-refractivity contribution in [3.8, 4) is 5.69 Å². The normalized spacial score (nSPS) is 16.3. The van der Waals surface area contributed by atoms with Gasteiger partial charge in [-0.25, -0.2) is 17.9 Å². The van der Waals surface area contributed by atoms with Crippen molar-refractivity contribution in [1.29, 1.82) is 0 Å². The Morgan fingerprint density at radius 1 is 1.22 bits per heavy atom. The lowest BCUT2D eigenvalue weighted by Gasteiger charge is -2.26. The predicted octanol–water partition coefficient (Wildman–Crippen LogP) is 0.591. The van der Waals surface area contributed by atoms with Crippen LogP contribution in [0, 0.1) is 0 Å². The summed E-state index contributed by atoms with van der Waals surface area (Å²) in [5.41, 5.74) is 0.270. The van der Waals surface area contributed by atoms with Gasteiger partial charge in [0.2, 0.25) is 10.0 Å². The average molecular weight is 337 g/mol. The monoisotopic (exact) mass is 337 g/mol. The maximum Gasteiger partial charge on any atom is 0.335 e. The number of sulfonamides is 1. The average Bonchev–Trinajstić information content (AvgIpc) is 3.09. The standard InChI is InChI=1S/C14H15N3O5S/c18-14(19)11-8-12(17-3-1-2-15-17)10-13(9-11)23(20,21)16-4-6-22-7-5-16/h1-3,8-10H,4-7H2,(H,18,19). The molecule has 23 heavy (non-hydrogen) atoms. The van der Waals surface area contributed by atoms with Crippen LogP contribution in [0.3, 0.4) is 0 Å². The van der Waals surface area contributed by atoms with Crippen LogP contribution in [-0.4, -0.2) is 59.9 Å². The van der Waals surface area contributed by atoms with Crippen molar-refractivity contribution in [1.82, 2.24) is 14.1 Å². The highest BCUT2D eigenvalue weighted by molar-refractivity contribution is 7.89. The molecule has 0 radical (unpaired) electrons. The quantitative estimate of drug-likeness (QED) is 0.876. The van der Waals surface area contributed by atoms with E-state index in [1.165, 1.54) is 33.4 Å². The summed E-state index contributed by atoms with van der Waals surface area (Å²) in [5, 5.41) is 13.3. The van der Waals surface area contributed by atoms with Gasteiger partial charge in [0, 0.05) is 25.5 Å². The summed E-state index contributed by atoms with van der Waals surface area (Å²) < 4.78 is 33.3. The van der Waals surface area contributed by atoms with Crippen LogP contribution >= 0.6 is 0 Å². The Balaban J connectivity index is 2.09. The van der Waals surface area contributed by atoms with Gasteiger partial charge in [0.25, 0.3) is 0 Å². The maximum atomic E-state index is 12.7. The van der Waals surface area contributed by atoms with Gasteiger partial charge in [0.05, 0.1) is 29.4 Å². The van der Waals surface area contributed by atoms with E-state index in [4.69, 9.17) is 4.74 Å². The molecule has 0 aliphatic carbocycles. The molecule has 0 atom stereocenters. The molecule has 0 saturated carbocycles. The second kappa shape index (κ2) is 6.11. The fourth-order valence-electron chi connectivity index (χ4n) is 2.35. The van der Waals surface area contributed by atoms with Crippen molar-refractivity contribution in [2.45, 2.75) is 4.90 Å². The summed E-state index contributed by atoms with van der Waals surface area (Å²) in [6.07, 6.45) is 3.15. The highest BCUT2D eigenvalue weighted by atomic mass is 32.2. The van der Waals surface area contributed by atoms with Gasteiger partial charge in [-0.05, 0) is 24.3 Å². The molecule has 1 N–H and O–H groups in total. The molecule has 1 fully saturated rings. The number of hydrogen-bond acceptors (Lipinski definition) is 5. The first-order chi connectivity index (χ1) is 11.0. The second-order valence-electron chi connectivity index (χ2n) is 4.99. The first-order valence-corrected chi connectivity index (χ1v) is 8.39. The number of carboxylic acid groups (broad SMARTS) is 1. The molecule has 1 aliphatic heterocycles. The molecule has 1 saturated heterocycles. The molecule has 9 heteroatoms. The Morgan fingerprint density at radius 2 is 1.96 bits per heavy atom. The van der Waals surface area contributed by atoms with E-state index in [-0.39, 0.29) is 23.5 Å². The van der Waals surface area contributed by atoms with Gasteiger partial charge in [-0.3, -0.25) is 0 Å². The number of ether oxygens (including phenoxy) is 1. The largest absolute Gasteiger partial charge is 0.478 e. The third-order valence-corrected chi connectivity index (χ3v) is 5.39. The van der Waals surface area contributed by atoms with Crippen molar-refractivity contribution in [3.05, 3.63) is 42.2 Å². The minimum atomic E-state index is -3.78. The lowest BCUT2D eigenvalue weighted by atomic mass is 10.2. The van der Waals surface area contributed by atoms with E-state index in [1.54, 1.807) is 12.3 Å². The molecule has 3 rings (SSSR count). The number of aromatic nitrogens is 2. The molecule has 0 bridgehead atoms. The Bertz CT molecular complexity index is 811. The van der Waals surface area contributed by atoms with Crippen molar-refractivity contribution in [2.24, 2.45) is 0 Å². The third kappa shape index (κ3) is 3.11. The Labute approximate surface area is 133 Å². The van der Waals surface area contributed by atoms with Gasteiger partial charge in [-0.15, -0.1) is 0 Å². The summed E-state index contributed by atoms with van der Waals surface area (Å²) in [6.45, 7) is 1.14. The Hall–Kier alpha value is -2.23. The van der Waals surface area contributed by atoms with Crippen LogP contribution in [0.5, 0.6) is 0 Å². The minimum absolute atomic E-state index is 0.0650. The topological polar surface area (TPSA) is 102 Å². The number of hydrogen-bond donors (Lipinski definition) is 1. The molecular weight excluding hydrogens is 322 g/mol. The number of carboxylic acids is 1. The van der Waals surface area contributed by atoms with Crippen LogP contribution < -0.4 is 0 Å². The number of morpholine rings is 1. The van der Waals surface area contributed by atoms with Crippen LogP contribution in [0.25, 0.3) is 5.69 Å². The molecular formula is C14H15N3O5S. The number of rotatable bonds is 4. The zero-order valence-corrected chi connectivity index (χ0v) is 12.9. The molecule has 0 unspecified atom stereocenters. The summed E-state index contributed by atoms with van der Waals surface area (Å²) in [7, 11) is -3.78. The van der Waals surface area contributed by atoms with Crippen molar-refractivity contribution < 1.29 is 23.1 Å². The van der Waals surface area contributed by atoms with Crippen LogP contribution in [0.1, 0.15) is 10.4 Å². The lowest BCUT2D eigenvalue weighted by Crippen LogP contribution is -2.40. The number of benzene rings is 1. The van der Waals surface area contributed by atoms with E-state index < -0.39 is 16.0 Å². The van der Waals surface area contributed by atoms with Crippen molar-refractivity contribution in [2.75, 3.05) is 26.3 Å². The number of aromatic carboxylic acids is 1. The van der Waals surface area contributed by atoms with E-state index in [2.05, 4.69) is 5.10 Å². The first kappa shape index (κ1) is 15.7. The van der Waals surface area contributed by atoms with Gasteiger partial charge < -0.3 is 9.84 Å². The SMILES string of the molecule is O=C(O)c1cc(-n2cccn2)cc(S(=O)(=O)N2CCOCC2)c1. The van der Waals surface area contributed by atoms with Crippen LogP contribution in [0.4, 0.5) is 0 Å². The number of nitrogens with zero attached hydrogens (tertiary/aromatic N) is 3.